The normalized spacial score (nSPS) is 18.1. The number of halogens is 3. The predicted molar refractivity (Wildman–Crippen MR) is 152 cm³/mol. The Morgan fingerprint density at radius 1 is 0.929 bits per heavy atom. The number of anilines is 2. The number of benzene rings is 2. The molecule has 4 heterocycles. The van der Waals surface area contributed by atoms with Gasteiger partial charge in [0, 0.05) is 40.3 Å². The lowest BCUT2D eigenvalue weighted by Crippen LogP contribution is -2.53. The van der Waals surface area contributed by atoms with Gasteiger partial charge in [-0.05, 0) is 35.9 Å². The van der Waals surface area contributed by atoms with E-state index in [1.807, 2.05) is 9.80 Å². The van der Waals surface area contributed by atoms with Crippen molar-refractivity contribution in [3.8, 4) is 0 Å². The second kappa shape index (κ2) is 10.5. The van der Waals surface area contributed by atoms with Crippen molar-refractivity contribution >= 4 is 46.2 Å². The molecule has 0 saturated carbocycles. The molecule has 6 rings (SSSR count). The van der Waals surface area contributed by atoms with Crippen LogP contribution in [0.2, 0.25) is 5.02 Å². The third kappa shape index (κ3) is 4.58. The third-order valence-electron chi connectivity index (χ3n) is 7.90. The van der Waals surface area contributed by atoms with Crippen molar-refractivity contribution < 1.29 is 18.4 Å². The number of piperazine rings is 1. The molecule has 218 valence electrons. The van der Waals surface area contributed by atoms with E-state index in [2.05, 4.69) is 0 Å². The maximum Gasteiger partial charge on any atom is 0.332 e. The van der Waals surface area contributed by atoms with Gasteiger partial charge in [-0.1, -0.05) is 23.7 Å². The molecule has 11 nitrogen and oxygen atoms in total. The van der Waals surface area contributed by atoms with E-state index in [4.69, 9.17) is 16.6 Å². The first-order chi connectivity index (χ1) is 20.0. The van der Waals surface area contributed by atoms with Gasteiger partial charge >= 0.3 is 5.69 Å². The molecule has 2 aromatic carbocycles. The fourth-order valence-electron chi connectivity index (χ4n) is 5.63. The highest BCUT2D eigenvalue weighted by Crippen LogP contribution is 2.30. The SMILES string of the molecule is Cn1c(=O)c2c(nc(N3CCN(C4CC(=O)N(c5ccc(F)c(Cl)c5)C4=O)CC3)n2Cc2ccc(F)cc2)n(C)c1=O. The zero-order chi connectivity index (χ0) is 29.9. The van der Waals surface area contributed by atoms with E-state index in [9.17, 15) is 28.0 Å². The van der Waals surface area contributed by atoms with E-state index in [1.54, 1.807) is 23.7 Å². The third-order valence-corrected chi connectivity index (χ3v) is 8.19. The van der Waals surface area contributed by atoms with Crippen LogP contribution in [0.3, 0.4) is 0 Å². The van der Waals surface area contributed by atoms with Crippen LogP contribution in [0.4, 0.5) is 20.4 Å². The van der Waals surface area contributed by atoms with Crippen LogP contribution in [0, 0.1) is 11.6 Å². The zero-order valence-electron chi connectivity index (χ0n) is 22.8. The molecule has 1 atom stereocenters. The van der Waals surface area contributed by atoms with Gasteiger partial charge in [-0.2, -0.15) is 4.98 Å². The Bertz CT molecular complexity index is 1860. The van der Waals surface area contributed by atoms with Crippen molar-refractivity contribution in [3.05, 3.63) is 85.5 Å². The largest absolute Gasteiger partial charge is 0.340 e. The summed E-state index contributed by atoms with van der Waals surface area (Å²) in [4.78, 5) is 61.6. The smallest absolute Gasteiger partial charge is 0.332 e. The number of imide groups is 1. The molecule has 42 heavy (non-hydrogen) atoms. The first-order valence-corrected chi connectivity index (χ1v) is 13.6. The highest BCUT2D eigenvalue weighted by Gasteiger charge is 2.43. The standard InChI is InChI=1S/C28H26ClF2N7O4/c1-33-24-23(26(41)34(2)28(33)42)37(15-16-3-5-17(30)6-4-16)27(32-24)36-11-9-35(10-12-36)21-14-22(39)38(25(21)40)18-7-8-20(31)19(29)13-18/h3-8,13,21H,9-12,14-15H2,1-2H3. The number of aryl methyl sites for hydroxylation is 1. The Balaban J connectivity index is 1.28. The van der Waals surface area contributed by atoms with Crippen molar-refractivity contribution in [2.24, 2.45) is 14.1 Å². The van der Waals surface area contributed by atoms with E-state index < -0.39 is 34.9 Å². The summed E-state index contributed by atoms with van der Waals surface area (Å²) in [5, 5.41) is -0.180. The van der Waals surface area contributed by atoms with E-state index in [-0.39, 0.29) is 40.7 Å². The van der Waals surface area contributed by atoms with Crippen molar-refractivity contribution in [1.82, 2.24) is 23.6 Å². The fourth-order valence-corrected chi connectivity index (χ4v) is 5.80. The van der Waals surface area contributed by atoms with Gasteiger partial charge in [0.1, 0.15) is 11.6 Å². The Morgan fingerprint density at radius 3 is 2.29 bits per heavy atom. The Labute approximate surface area is 242 Å². The average molecular weight is 598 g/mol. The van der Waals surface area contributed by atoms with Crippen LogP contribution < -0.4 is 21.0 Å². The first-order valence-electron chi connectivity index (χ1n) is 13.3. The lowest BCUT2D eigenvalue weighted by atomic mass is 10.1. The number of nitrogens with zero attached hydrogens (tertiary/aromatic N) is 7. The molecular formula is C28H26ClF2N7O4. The molecule has 2 amide bonds. The van der Waals surface area contributed by atoms with Gasteiger partial charge in [0.2, 0.25) is 11.9 Å². The first kappa shape index (κ1) is 27.8. The molecule has 0 aliphatic carbocycles. The van der Waals surface area contributed by atoms with Gasteiger partial charge in [0.25, 0.3) is 11.5 Å². The monoisotopic (exact) mass is 597 g/mol. The van der Waals surface area contributed by atoms with Crippen LogP contribution in [0.1, 0.15) is 12.0 Å². The maximum atomic E-state index is 13.7. The van der Waals surface area contributed by atoms with Gasteiger partial charge in [-0.25, -0.2) is 18.5 Å². The number of hydrogen-bond acceptors (Lipinski definition) is 7. The minimum absolute atomic E-state index is 0.0188. The van der Waals surface area contributed by atoms with E-state index >= 15 is 0 Å². The van der Waals surface area contributed by atoms with Gasteiger partial charge < -0.3 is 4.90 Å². The van der Waals surface area contributed by atoms with E-state index in [1.165, 1.54) is 35.9 Å². The van der Waals surface area contributed by atoms with Gasteiger partial charge in [-0.15, -0.1) is 0 Å². The van der Waals surface area contributed by atoms with Crippen LogP contribution in [0.5, 0.6) is 0 Å². The molecule has 2 saturated heterocycles. The Morgan fingerprint density at radius 2 is 1.62 bits per heavy atom. The molecule has 1 unspecified atom stereocenters. The van der Waals surface area contributed by atoms with Gasteiger partial charge in [0.05, 0.1) is 29.7 Å². The summed E-state index contributed by atoms with van der Waals surface area (Å²) >= 11 is 5.88. The van der Waals surface area contributed by atoms with Crippen molar-refractivity contribution in [2.45, 2.75) is 19.0 Å². The summed E-state index contributed by atoms with van der Waals surface area (Å²) in [6.45, 7) is 1.88. The lowest BCUT2D eigenvalue weighted by Gasteiger charge is -2.37. The van der Waals surface area contributed by atoms with Crippen LogP contribution >= 0.6 is 11.6 Å². The number of hydrogen-bond donors (Lipinski definition) is 0. The molecular weight excluding hydrogens is 572 g/mol. The molecule has 0 radical (unpaired) electrons. The van der Waals surface area contributed by atoms with E-state index in [0.717, 1.165) is 21.1 Å². The summed E-state index contributed by atoms with van der Waals surface area (Å²) in [5.41, 5.74) is 0.427. The molecule has 2 fully saturated rings. The van der Waals surface area contributed by atoms with Gasteiger partial charge in [-0.3, -0.25) is 33.0 Å². The minimum atomic E-state index is -0.686. The summed E-state index contributed by atoms with van der Waals surface area (Å²) in [5.74, 6) is -1.37. The Kier molecular flexibility index (Phi) is 6.93. The summed E-state index contributed by atoms with van der Waals surface area (Å²) < 4.78 is 31.3. The van der Waals surface area contributed by atoms with Gasteiger partial charge in [0.15, 0.2) is 11.2 Å². The molecule has 14 heteroatoms. The highest BCUT2D eigenvalue weighted by atomic mass is 35.5. The topological polar surface area (TPSA) is 106 Å². The van der Waals surface area contributed by atoms with Crippen LogP contribution in [0.15, 0.2) is 52.1 Å². The molecule has 0 N–H and O–H groups in total. The number of imidazole rings is 1. The van der Waals surface area contributed by atoms with Crippen molar-refractivity contribution in [3.63, 3.8) is 0 Å². The molecule has 0 spiro atoms. The van der Waals surface area contributed by atoms with Crippen molar-refractivity contribution in [1.29, 1.82) is 0 Å². The number of fused-ring (bicyclic) bond motifs is 1. The highest BCUT2D eigenvalue weighted by molar-refractivity contribution is 6.31. The predicted octanol–water partition coefficient (Wildman–Crippen LogP) is 1.87. The van der Waals surface area contributed by atoms with Crippen LogP contribution in [0.25, 0.3) is 11.2 Å². The lowest BCUT2D eigenvalue weighted by molar-refractivity contribution is -0.123. The fraction of sp³-hybridized carbons (Fsp3) is 0.321. The zero-order valence-corrected chi connectivity index (χ0v) is 23.5. The molecule has 4 aromatic rings. The molecule has 2 aromatic heterocycles. The number of rotatable bonds is 5. The maximum absolute atomic E-state index is 13.7. The number of carbonyl (C=O) groups is 2. The quantitative estimate of drug-likeness (QED) is 0.324. The molecule has 0 bridgehead atoms. The summed E-state index contributed by atoms with van der Waals surface area (Å²) in [6, 6.07) is 8.96. The number of carbonyl (C=O) groups excluding carboxylic acids is 2. The van der Waals surface area contributed by atoms with Crippen LogP contribution in [-0.2, 0) is 30.2 Å². The van der Waals surface area contributed by atoms with E-state index in [0.29, 0.717) is 32.1 Å². The second-order valence-corrected chi connectivity index (χ2v) is 10.8. The summed E-state index contributed by atoms with van der Waals surface area (Å²) in [6.07, 6.45) is -0.0188. The number of aromatic nitrogens is 4. The number of amides is 2. The molecule has 2 aliphatic heterocycles. The minimum Gasteiger partial charge on any atom is -0.340 e. The average Bonchev–Trinajstić information content (AvgIpc) is 3.50. The van der Waals surface area contributed by atoms with Crippen LogP contribution in [-0.4, -0.2) is 67.6 Å². The molecule has 2 aliphatic rings. The van der Waals surface area contributed by atoms with Crippen molar-refractivity contribution in [2.75, 3.05) is 36.0 Å². The summed E-state index contributed by atoms with van der Waals surface area (Å²) in [7, 11) is 2.95. The Hall–Kier alpha value is -4.36. The second-order valence-electron chi connectivity index (χ2n) is 10.4.